The summed E-state index contributed by atoms with van der Waals surface area (Å²) >= 11 is 5.81. The third-order valence-electron chi connectivity index (χ3n) is 4.48. The Kier molecular flexibility index (Phi) is 6.07. The molecule has 128 valence electrons. The van der Waals surface area contributed by atoms with Crippen LogP contribution in [0.2, 0.25) is 5.02 Å². The number of benzene rings is 1. The summed E-state index contributed by atoms with van der Waals surface area (Å²) in [6.07, 6.45) is 6.89. The molecule has 0 spiro atoms. The minimum atomic E-state index is -0.848. The van der Waals surface area contributed by atoms with Gasteiger partial charge in [0.1, 0.15) is 0 Å². The molecule has 3 N–H and O–H groups in total. The lowest BCUT2D eigenvalue weighted by molar-refractivity contribution is 0.203. The summed E-state index contributed by atoms with van der Waals surface area (Å²) < 4.78 is 0. The third kappa shape index (κ3) is 4.94. The lowest BCUT2D eigenvalue weighted by atomic mass is 9.98. The van der Waals surface area contributed by atoms with Crippen molar-refractivity contribution >= 4 is 17.3 Å². The van der Waals surface area contributed by atoms with E-state index >= 15 is 0 Å². The number of pyridine rings is 1. The van der Waals surface area contributed by atoms with E-state index in [1.165, 1.54) is 37.4 Å². The number of halogens is 1. The lowest BCUT2D eigenvalue weighted by Crippen LogP contribution is -2.34. The summed E-state index contributed by atoms with van der Waals surface area (Å²) in [5.74, 6) is 0. The fourth-order valence-electron chi connectivity index (χ4n) is 3.06. The van der Waals surface area contributed by atoms with Crippen LogP contribution in [-0.4, -0.2) is 22.7 Å². The molecule has 1 aromatic heterocycles. The Balaban J connectivity index is 1.51. The van der Waals surface area contributed by atoms with Crippen LogP contribution in [0.3, 0.4) is 0 Å². The Hall–Kier alpha value is -1.62. The van der Waals surface area contributed by atoms with Crippen molar-refractivity contribution in [3.05, 3.63) is 58.9 Å². The van der Waals surface area contributed by atoms with E-state index < -0.39 is 6.23 Å². The van der Waals surface area contributed by atoms with E-state index in [0.717, 1.165) is 18.7 Å². The molecule has 24 heavy (non-hydrogen) atoms. The Bertz CT molecular complexity index is 624. The second kappa shape index (κ2) is 8.47. The highest BCUT2D eigenvalue weighted by atomic mass is 35.5. The number of aliphatic hydroxyl groups excluding tert-OH is 1. The van der Waals surface area contributed by atoms with Crippen LogP contribution in [0.1, 0.15) is 43.2 Å². The van der Waals surface area contributed by atoms with Gasteiger partial charge in [-0.05, 0) is 62.1 Å². The van der Waals surface area contributed by atoms with Crippen LogP contribution in [0.15, 0.2) is 42.6 Å². The van der Waals surface area contributed by atoms with Gasteiger partial charge in [0.05, 0.1) is 10.7 Å². The van der Waals surface area contributed by atoms with Gasteiger partial charge in [-0.25, -0.2) is 0 Å². The summed E-state index contributed by atoms with van der Waals surface area (Å²) in [5.41, 5.74) is 2.75. The Morgan fingerprint density at radius 1 is 1.21 bits per heavy atom. The van der Waals surface area contributed by atoms with Crippen LogP contribution < -0.4 is 10.6 Å². The Labute approximate surface area is 148 Å². The molecule has 4 nitrogen and oxygen atoms in total. The van der Waals surface area contributed by atoms with Crippen molar-refractivity contribution in [1.29, 1.82) is 0 Å². The van der Waals surface area contributed by atoms with E-state index in [9.17, 15) is 5.11 Å². The molecule has 1 aliphatic rings. The number of hydrogen-bond donors (Lipinski definition) is 3. The topological polar surface area (TPSA) is 57.2 Å². The van der Waals surface area contributed by atoms with Gasteiger partial charge in [0.2, 0.25) is 0 Å². The second-order valence-electron chi connectivity index (χ2n) is 6.33. The molecule has 0 saturated carbocycles. The average molecular weight is 346 g/mol. The number of nitrogens with zero attached hydrogens (tertiary/aromatic N) is 1. The number of aromatic nitrogens is 1. The maximum Gasteiger partial charge on any atom is 0.168 e. The molecule has 1 saturated heterocycles. The summed E-state index contributed by atoms with van der Waals surface area (Å²) in [6, 6.07) is 12.3. The summed E-state index contributed by atoms with van der Waals surface area (Å²) in [5, 5.41) is 17.4. The molecular formula is C19H24ClN3O. The highest BCUT2D eigenvalue weighted by Gasteiger charge is 2.12. The van der Waals surface area contributed by atoms with E-state index in [1.807, 2.05) is 12.1 Å². The Morgan fingerprint density at radius 2 is 2.04 bits per heavy atom. The third-order valence-corrected chi connectivity index (χ3v) is 4.71. The first-order chi connectivity index (χ1) is 11.7. The van der Waals surface area contributed by atoms with Gasteiger partial charge in [-0.1, -0.05) is 30.2 Å². The molecule has 0 aliphatic carbocycles. The maximum atomic E-state index is 10.2. The van der Waals surface area contributed by atoms with Crippen LogP contribution in [0.5, 0.6) is 0 Å². The molecule has 0 bridgehead atoms. The lowest BCUT2D eigenvalue weighted by Gasteiger charge is -2.23. The summed E-state index contributed by atoms with van der Waals surface area (Å²) in [4.78, 5) is 4.12. The summed E-state index contributed by atoms with van der Waals surface area (Å²) in [6.45, 7) is 1.16. The minimum absolute atomic E-state index is 0.548. The van der Waals surface area contributed by atoms with Gasteiger partial charge < -0.3 is 15.7 Å². The van der Waals surface area contributed by atoms with E-state index in [2.05, 4.69) is 27.8 Å². The van der Waals surface area contributed by atoms with Crippen molar-refractivity contribution < 1.29 is 5.11 Å². The SMILES string of the molecule is OC(Nc1ccc(CCC2CCCCN2)cc1)c1ccc(Cl)cn1. The molecule has 1 aliphatic heterocycles. The predicted octanol–water partition coefficient (Wildman–Crippen LogP) is 3.91. The van der Waals surface area contributed by atoms with Crippen LogP contribution >= 0.6 is 11.6 Å². The molecule has 0 radical (unpaired) electrons. The number of rotatable bonds is 6. The first kappa shape index (κ1) is 17.2. The van der Waals surface area contributed by atoms with Crippen molar-refractivity contribution in [3.63, 3.8) is 0 Å². The fourth-order valence-corrected chi connectivity index (χ4v) is 3.17. The number of hydrogen-bond acceptors (Lipinski definition) is 4. The number of aliphatic hydroxyl groups is 1. The molecule has 1 fully saturated rings. The number of anilines is 1. The van der Waals surface area contributed by atoms with Gasteiger partial charge in [-0.3, -0.25) is 4.98 Å². The Morgan fingerprint density at radius 3 is 2.71 bits per heavy atom. The number of nitrogens with one attached hydrogen (secondary N) is 2. The first-order valence-electron chi connectivity index (χ1n) is 8.59. The number of aryl methyl sites for hydroxylation is 1. The van der Waals surface area contributed by atoms with Crippen LogP contribution in [0, 0.1) is 0 Å². The number of piperidine rings is 1. The van der Waals surface area contributed by atoms with E-state index in [4.69, 9.17) is 11.6 Å². The largest absolute Gasteiger partial charge is 0.368 e. The predicted molar refractivity (Wildman–Crippen MR) is 98.2 cm³/mol. The highest BCUT2D eigenvalue weighted by molar-refractivity contribution is 6.30. The van der Waals surface area contributed by atoms with Gasteiger partial charge in [-0.2, -0.15) is 0 Å². The monoisotopic (exact) mass is 345 g/mol. The van der Waals surface area contributed by atoms with Crippen molar-refractivity contribution in [2.24, 2.45) is 0 Å². The average Bonchev–Trinajstić information content (AvgIpc) is 2.62. The van der Waals surface area contributed by atoms with Gasteiger partial charge >= 0.3 is 0 Å². The molecule has 2 atom stereocenters. The molecule has 3 rings (SSSR count). The molecule has 2 unspecified atom stereocenters. The quantitative estimate of drug-likeness (QED) is 0.695. The van der Waals surface area contributed by atoms with E-state index in [-0.39, 0.29) is 0 Å². The standard InChI is InChI=1S/C19H24ClN3O/c20-15-7-11-18(22-13-15)19(24)23-17-9-5-14(6-10-17)4-8-16-3-1-2-12-21-16/h5-7,9-11,13,16,19,21,23-24H,1-4,8,12H2. The van der Waals surface area contributed by atoms with Crippen LogP contribution in [0.4, 0.5) is 5.69 Å². The normalized spacial score (nSPS) is 19.0. The molecular weight excluding hydrogens is 322 g/mol. The maximum absolute atomic E-state index is 10.2. The van der Waals surface area contributed by atoms with Gasteiger partial charge in [0, 0.05) is 17.9 Å². The van der Waals surface area contributed by atoms with Gasteiger partial charge in [-0.15, -0.1) is 0 Å². The zero-order chi connectivity index (χ0) is 16.8. The van der Waals surface area contributed by atoms with Gasteiger partial charge in [0.15, 0.2) is 6.23 Å². The van der Waals surface area contributed by atoms with Crippen molar-refractivity contribution in [1.82, 2.24) is 10.3 Å². The van der Waals surface area contributed by atoms with Gasteiger partial charge in [0.25, 0.3) is 0 Å². The fraction of sp³-hybridized carbons (Fsp3) is 0.421. The summed E-state index contributed by atoms with van der Waals surface area (Å²) in [7, 11) is 0. The van der Waals surface area contributed by atoms with Crippen molar-refractivity contribution in [2.75, 3.05) is 11.9 Å². The van der Waals surface area contributed by atoms with Crippen LogP contribution in [0.25, 0.3) is 0 Å². The van der Waals surface area contributed by atoms with E-state index in [0.29, 0.717) is 16.8 Å². The highest BCUT2D eigenvalue weighted by Crippen LogP contribution is 2.19. The van der Waals surface area contributed by atoms with Crippen molar-refractivity contribution in [2.45, 2.75) is 44.4 Å². The molecule has 1 aromatic carbocycles. The minimum Gasteiger partial charge on any atom is -0.368 e. The van der Waals surface area contributed by atoms with E-state index in [1.54, 1.807) is 12.1 Å². The smallest absolute Gasteiger partial charge is 0.168 e. The molecule has 2 heterocycles. The first-order valence-corrected chi connectivity index (χ1v) is 8.97. The van der Waals surface area contributed by atoms with Crippen molar-refractivity contribution in [3.8, 4) is 0 Å². The second-order valence-corrected chi connectivity index (χ2v) is 6.77. The zero-order valence-corrected chi connectivity index (χ0v) is 14.5. The van der Waals surface area contributed by atoms with Crippen LogP contribution in [-0.2, 0) is 6.42 Å². The molecule has 2 aromatic rings. The zero-order valence-electron chi connectivity index (χ0n) is 13.7. The molecule has 0 amide bonds. The molecule has 5 heteroatoms.